The third-order valence-electron chi connectivity index (χ3n) is 3.61. The van der Waals surface area contributed by atoms with E-state index in [4.69, 9.17) is 18.9 Å². The van der Waals surface area contributed by atoms with Crippen LogP contribution < -0.4 is 0 Å². The Hall–Kier alpha value is -1.18. The molecule has 1 aliphatic rings. The van der Waals surface area contributed by atoms with Crippen LogP contribution in [0.15, 0.2) is 24.3 Å². The quantitative estimate of drug-likeness (QED) is 0.884. The highest BCUT2D eigenvalue weighted by Gasteiger charge is 2.09. The molecule has 1 aromatic carbocycles. The third kappa shape index (κ3) is 7.76. The van der Waals surface area contributed by atoms with Gasteiger partial charge in [0.25, 0.3) is 0 Å². The fourth-order valence-electron chi connectivity index (χ4n) is 2.30. The zero-order valence-electron chi connectivity index (χ0n) is 13.6. The van der Waals surface area contributed by atoms with Gasteiger partial charge < -0.3 is 24.1 Å². The number of phenolic OH excluding ortho intramolecular Hbond substituents is 1. The first-order valence-corrected chi connectivity index (χ1v) is 8.16. The number of aromatic hydroxyl groups is 1. The minimum Gasteiger partial charge on any atom is -0.508 e. The predicted octanol–water partition coefficient (Wildman–Crippen LogP) is 1.27. The fourth-order valence-corrected chi connectivity index (χ4v) is 2.30. The summed E-state index contributed by atoms with van der Waals surface area (Å²) in [6, 6.07) is 7.42. The molecule has 1 saturated heterocycles. The van der Waals surface area contributed by atoms with Gasteiger partial charge in [-0.15, -0.1) is 0 Å². The van der Waals surface area contributed by atoms with Crippen LogP contribution in [0.25, 0.3) is 0 Å². The van der Waals surface area contributed by atoms with E-state index >= 15 is 0 Å². The molecule has 0 saturated carbocycles. The maximum absolute atomic E-state index is 9.93. The molecule has 0 bridgehead atoms. The van der Waals surface area contributed by atoms with Crippen molar-refractivity contribution in [1.29, 1.82) is 0 Å². The predicted molar refractivity (Wildman–Crippen MR) is 86.7 cm³/mol. The highest BCUT2D eigenvalue weighted by atomic mass is 16.6. The highest BCUT2D eigenvalue weighted by Crippen LogP contribution is 2.17. The van der Waals surface area contributed by atoms with Crippen LogP contribution in [0.1, 0.15) is 5.56 Å². The number of phenols is 1. The summed E-state index contributed by atoms with van der Waals surface area (Å²) in [4.78, 5) is 2.22. The van der Waals surface area contributed by atoms with Crippen molar-refractivity contribution in [3.05, 3.63) is 29.8 Å². The number of nitrogens with zero attached hydrogens (tertiary/aromatic N) is 1. The lowest BCUT2D eigenvalue weighted by atomic mass is 10.2. The van der Waals surface area contributed by atoms with Gasteiger partial charge in [-0.05, 0) is 6.07 Å². The van der Waals surface area contributed by atoms with Crippen molar-refractivity contribution >= 4 is 0 Å². The Morgan fingerprint density at radius 3 is 1.74 bits per heavy atom. The Morgan fingerprint density at radius 1 is 0.739 bits per heavy atom. The molecule has 1 aliphatic heterocycles. The Bertz CT molecular complexity index is 413. The van der Waals surface area contributed by atoms with Crippen molar-refractivity contribution < 1.29 is 24.1 Å². The summed E-state index contributed by atoms with van der Waals surface area (Å²) in [5.74, 6) is 0.326. The van der Waals surface area contributed by atoms with Crippen LogP contribution in [0.2, 0.25) is 0 Å². The molecule has 2 rings (SSSR count). The van der Waals surface area contributed by atoms with Gasteiger partial charge in [0.15, 0.2) is 0 Å². The van der Waals surface area contributed by atoms with Gasteiger partial charge in [0.1, 0.15) is 5.75 Å². The number of hydrogen-bond acceptors (Lipinski definition) is 6. The molecule has 130 valence electrons. The fraction of sp³-hybridized carbons (Fsp3) is 0.647. The van der Waals surface area contributed by atoms with Gasteiger partial charge in [-0.3, -0.25) is 4.90 Å². The highest BCUT2D eigenvalue weighted by molar-refractivity contribution is 5.31. The van der Waals surface area contributed by atoms with E-state index in [1.165, 1.54) is 0 Å². The second-order valence-electron chi connectivity index (χ2n) is 5.35. The van der Waals surface area contributed by atoms with Crippen LogP contribution in [-0.4, -0.2) is 76.0 Å². The third-order valence-corrected chi connectivity index (χ3v) is 3.61. The van der Waals surface area contributed by atoms with Gasteiger partial charge in [0.05, 0.1) is 52.9 Å². The summed E-state index contributed by atoms with van der Waals surface area (Å²) in [7, 11) is 0. The van der Waals surface area contributed by atoms with E-state index in [-0.39, 0.29) is 0 Å². The molecule has 1 N–H and O–H groups in total. The molecular weight excluding hydrogens is 298 g/mol. The van der Waals surface area contributed by atoms with Crippen LogP contribution in [0.3, 0.4) is 0 Å². The molecule has 0 unspecified atom stereocenters. The maximum atomic E-state index is 9.93. The Labute approximate surface area is 137 Å². The van der Waals surface area contributed by atoms with Crippen LogP contribution in [0.4, 0.5) is 0 Å². The van der Waals surface area contributed by atoms with Gasteiger partial charge in [-0.25, -0.2) is 0 Å². The summed E-state index contributed by atoms with van der Waals surface area (Å²) in [5.41, 5.74) is 0.914. The van der Waals surface area contributed by atoms with E-state index in [0.717, 1.165) is 18.7 Å². The zero-order chi connectivity index (χ0) is 16.2. The number of rotatable bonds is 2. The first-order chi connectivity index (χ1) is 11.4. The number of hydrogen-bond donors (Lipinski definition) is 1. The van der Waals surface area contributed by atoms with Crippen LogP contribution >= 0.6 is 0 Å². The van der Waals surface area contributed by atoms with Gasteiger partial charge >= 0.3 is 0 Å². The molecule has 0 aliphatic carbocycles. The van der Waals surface area contributed by atoms with Gasteiger partial charge in [-0.2, -0.15) is 0 Å². The summed E-state index contributed by atoms with van der Waals surface area (Å²) in [5, 5.41) is 9.93. The molecule has 6 heteroatoms. The number of benzene rings is 1. The van der Waals surface area contributed by atoms with Gasteiger partial charge in [0.2, 0.25) is 0 Å². The molecule has 0 atom stereocenters. The smallest absolute Gasteiger partial charge is 0.120 e. The number of ether oxygens (including phenoxy) is 4. The van der Waals surface area contributed by atoms with E-state index in [1.54, 1.807) is 6.07 Å². The lowest BCUT2D eigenvalue weighted by Crippen LogP contribution is -2.31. The minimum absolute atomic E-state index is 0.326. The topological polar surface area (TPSA) is 60.4 Å². The van der Waals surface area contributed by atoms with Crippen molar-refractivity contribution in [3.63, 3.8) is 0 Å². The SMILES string of the molecule is Oc1ccccc1CN1CCOCCOCCOCCOCC1. The average Bonchev–Trinajstić information content (AvgIpc) is 2.57. The van der Waals surface area contributed by atoms with Gasteiger partial charge in [-0.1, -0.05) is 18.2 Å². The number of para-hydroxylation sites is 1. The molecule has 0 amide bonds. The monoisotopic (exact) mass is 325 g/mol. The lowest BCUT2D eigenvalue weighted by Gasteiger charge is -2.22. The minimum atomic E-state index is 0.326. The lowest BCUT2D eigenvalue weighted by molar-refractivity contribution is 0.00206. The van der Waals surface area contributed by atoms with E-state index in [2.05, 4.69) is 4.90 Å². The van der Waals surface area contributed by atoms with Crippen molar-refractivity contribution in [3.8, 4) is 5.75 Å². The second kappa shape index (κ2) is 11.4. The molecule has 1 heterocycles. The molecular formula is C17H27NO5. The molecule has 0 spiro atoms. The normalized spacial score (nSPS) is 20.5. The summed E-state index contributed by atoms with van der Waals surface area (Å²) < 4.78 is 22.0. The van der Waals surface area contributed by atoms with Crippen molar-refractivity contribution in [2.45, 2.75) is 6.54 Å². The van der Waals surface area contributed by atoms with Gasteiger partial charge in [0, 0.05) is 25.2 Å². The van der Waals surface area contributed by atoms with E-state index in [9.17, 15) is 5.11 Å². The van der Waals surface area contributed by atoms with E-state index in [0.29, 0.717) is 65.1 Å². The Kier molecular flexibility index (Phi) is 8.98. The first kappa shape index (κ1) is 18.2. The largest absolute Gasteiger partial charge is 0.508 e. The van der Waals surface area contributed by atoms with Crippen molar-refractivity contribution in [2.75, 3.05) is 65.9 Å². The molecule has 1 aromatic rings. The second-order valence-corrected chi connectivity index (χ2v) is 5.35. The average molecular weight is 325 g/mol. The molecule has 23 heavy (non-hydrogen) atoms. The molecule has 6 nitrogen and oxygen atoms in total. The first-order valence-electron chi connectivity index (χ1n) is 8.16. The van der Waals surface area contributed by atoms with Crippen LogP contribution in [0.5, 0.6) is 5.75 Å². The van der Waals surface area contributed by atoms with Crippen LogP contribution in [0, 0.1) is 0 Å². The zero-order valence-corrected chi connectivity index (χ0v) is 13.6. The van der Waals surface area contributed by atoms with Crippen molar-refractivity contribution in [1.82, 2.24) is 4.90 Å². The maximum Gasteiger partial charge on any atom is 0.120 e. The molecule has 0 aromatic heterocycles. The van der Waals surface area contributed by atoms with Crippen LogP contribution in [-0.2, 0) is 25.5 Å². The van der Waals surface area contributed by atoms with Crippen molar-refractivity contribution in [2.24, 2.45) is 0 Å². The molecule has 1 fully saturated rings. The molecule has 0 radical (unpaired) electrons. The van der Waals surface area contributed by atoms with E-state index in [1.807, 2.05) is 18.2 Å². The Balaban J connectivity index is 1.83. The summed E-state index contributed by atoms with van der Waals surface area (Å²) in [6.45, 7) is 7.02. The summed E-state index contributed by atoms with van der Waals surface area (Å²) >= 11 is 0. The standard InChI is InChI=1S/C17H27NO5/c19-17-4-2-1-3-16(17)15-18-5-7-20-9-11-22-13-14-23-12-10-21-8-6-18/h1-4,19H,5-15H2. The van der Waals surface area contributed by atoms with E-state index < -0.39 is 0 Å². The summed E-state index contributed by atoms with van der Waals surface area (Å²) in [6.07, 6.45) is 0. The Morgan fingerprint density at radius 2 is 1.22 bits per heavy atom.